The SMILES string of the molecule is Cc1ccc(S(=O)(=O)N2c3ccccc3[C@@H]3[C@@H]2[C@@H](c2ccccc2)OCC2=CC(=O)C[C@H]23)cc1. The van der Waals surface area contributed by atoms with E-state index >= 15 is 0 Å². The van der Waals surface area contributed by atoms with Crippen molar-refractivity contribution in [2.24, 2.45) is 5.92 Å². The summed E-state index contributed by atoms with van der Waals surface area (Å²) in [6, 6.07) is 24.0. The summed E-state index contributed by atoms with van der Waals surface area (Å²) >= 11 is 0. The Hall–Kier alpha value is -3.22. The predicted octanol–water partition coefficient (Wildman–Crippen LogP) is 4.94. The Morgan fingerprint density at radius 2 is 1.62 bits per heavy atom. The lowest BCUT2D eigenvalue weighted by Gasteiger charge is -2.35. The van der Waals surface area contributed by atoms with Gasteiger partial charge in [-0.15, -0.1) is 0 Å². The second-order valence-corrected chi connectivity index (χ2v) is 11.1. The standard InChI is InChI=1S/C28H25NO4S/c1-18-11-13-22(14-12-18)34(31,32)29-25-10-6-5-9-23(25)26-24-16-21(30)15-20(24)17-33-28(27(26)29)19-7-3-2-4-8-19/h2-15,24,26-28H,16-17H2,1H3/t24-,26+,27-,28-/m1/s1. The second-order valence-electron chi connectivity index (χ2n) is 9.33. The molecule has 0 amide bonds. The number of hydrogen-bond donors (Lipinski definition) is 0. The molecular formula is C28H25NO4S. The van der Waals surface area contributed by atoms with E-state index in [9.17, 15) is 13.2 Å². The normalized spacial score (nSPS) is 25.9. The molecule has 34 heavy (non-hydrogen) atoms. The summed E-state index contributed by atoms with van der Waals surface area (Å²) < 4.78 is 36.4. The van der Waals surface area contributed by atoms with Gasteiger partial charge in [-0.3, -0.25) is 9.10 Å². The molecule has 1 fully saturated rings. The van der Waals surface area contributed by atoms with Gasteiger partial charge in [-0.25, -0.2) is 8.42 Å². The number of hydrogen-bond acceptors (Lipinski definition) is 4. The molecule has 4 atom stereocenters. The van der Waals surface area contributed by atoms with E-state index in [-0.39, 0.29) is 22.5 Å². The summed E-state index contributed by atoms with van der Waals surface area (Å²) in [4.78, 5) is 12.7. The number of fused-ring (bicyclic) bond motifs is 5. The quantitative estimate of drug-likeness (QED) is 0.543. The highest BCUT2D eigenvalue weighted by atomic mass is 32.2. The fraction of sp³-hybridized carbons (Fsp3) is 0.250. The summed E-state index contributed by atoms with van der Waals surface area (Å²) in [6.07, 6.45) is 1.61. The van der Waals surface area contributed by atoms with Crippen LogP contribution in [0, 0.1) is 12.8 Å². The number of aryl methyl sites for hydroxylation is 1. The summed E-state index contributed by atoms with van der Waals surface area (Å²) in [5.41, 5.74) is 4.52. The van der Waals surface area contributed by atoms with E-state index < -0.39 is 22.2 Å². The van der Waals surface area contributed by atoms with Crippen LogP contribution in [0.5, 0.6) is 0 Å². The number of rotatable bonds is 3. The van der Waals surface area contributed by atoms with Crippen LogP contribution >= 0.6 is 0 Å². The van der Waals surface area contributed by atoms with Crippen molar-refractivity contribution in [2.75, 3.05) is 10.9 Å². The highest BCUT2D eigenvalue weighted by Gasteiger charge is 2.54. The Kier molecular flexibility index (Phi) is 4.97. The average Bonchev–Trinajstić information content (AvgIpc) is 3.33. The summed E-state index contributed by atoms with van der Waals surface area (Å²) in [6.45, 7) is 2.26. The molecule has 0 bridgehead atoms. The Morgan fingerprint density at radius 1 is 0.912 bits per heavy atom. The molecule has 3 aliphatic rings. The molecule has 0 aromatic heterocycles. The number of ketones is 1. The minimum atomic E-state index is -3.89. The van der Waals surface area contributed by atoms with Crippen LogP contribution in [0.2, 0.25) is 0 Å². The van der Waals surface area contributed by atoms with Crippen LogP contribution in [-0.2, 0) is 19.6 Å². The second kappa shape index (κ2) is 7.93. The minimum Gasteiger partial charge on any atom is -0.367 e. The van der Waals surface area contributed by atoms with Crippen LogP contribution in [0.25, 0.3) is 0 Å². The third kappa shape index (κ3) is 3.24. The molecule has 172 valence electrons. The van der Waals surface area contributed by atoms with E-state index in [0.717, 1.165) is 22.3 Å². The fourth-order valence-corrected chi connectivity index (χ4v) is 7.48. The first-order valence-electron chi connectivity index (χ1n) is 11.5. The maximum absolute atomic E-state index is 14.2. The van der Waals surface area contributed by atoms with Crippen molar-refractivity contribution in [3.63, 3.8) is 0 Å². The van der Waals surface area contributed by atoms with Gasteiger partial charge in [0.05, 0.1) is 23.2 Å². The first kappa shape index (κ1) is 21.3. The number of allylic oxidation sites excluding steroid dienone is 1. The average molecular weight is 472 g/mol. The molecule has 1 aliphatic carbocycles. The Balaban J connectivity index is 1.59. The van der Waals surface area contributed by atoms with E-state index in [0.29, 0.717) is 18.7 Å². The molecule has 0 unspecified atom stereocenters. The van der Waals surface area contributed by atoms with Crippen molar-refractivity contribution < 1.29 is 17.9 Å². The maximum Gasteiger partial charge on any atom is 0.264 e. The van der Waals surface area contributed by atoms with Crippen molar-refractivity contribution in [1.29, 1.82) is 0 Å². The van der Waals surface area contributed by atoms with Crippen LogP contribution in [-0.4, -0.2) is 26.8 Å². The first-order chi connectivity index (χ1) is 16.4. The number of ether oxygens (including phenoxy) is 1. The van der Waals surface area contributed by atoms with Crippen molar-refractivity contribution in [3.8, 4) is 0 Å². The van der Waals surface area contributed by atoms with Gasteiger partial charge in [0.2, 0.25) is 0 Å². The van der Waals surface area contributed by atoms with Gasteiger partial charge in [-0.2, -0.15) is 0 Å². The number of benzene rings is 3. The largest absolute Gasteiger partial charge is 0.367 e. The zero-order chi connectivity index (χ0) is 23.4. The van der Waals surface area contributed by atoms with Gasteiger partial charge in [0, 0.05) is 12.3 Å². The van der Waals surface area contributed by atoms with Gasteiger partial charge >= 0.3 is 0 Å². The Morgan fingerprint density at radius 3 is 2.38 bits per heavy atom. The van der Waals surface area contributed by atoms with E-state index in [4.69, 9.17) is 4.74 Å². The number of para-hydroxylation sites is 1. The van der Waals surface area contributed by atoms with Crippen molar-refractivity contribution in [2.45, 2.75) is 36.3 Å². The smallest absolute Gasteiger partial charge is 0.264 e. The van der Waals surface area contributed by atoms with E-state index in [1.807, 2.05) is 73.7 Å². The van der Waals surface area contributed by atoms with Crippen LogP contribution in [0.1, 0.15) is 35.1 Å². The van der Waals surface area contributed by atoms with Crippen LogP contribution in [0.15, 0.2) is 95.4 Å². The van der Waals surface area contributed by atoms with E-state index in [1.54, 1.807) is 22.5 Å². The predicted molar refractivity (Wildman–Crippen MR) is 130 cm³/mol. The number of carbonyl (C=O) groups is 1. The zero-order valence-electron chi connectivity index (χ0n) is 18.8. The molecule has 6 rings (SSSR count). The topological polar surface area (TPSA) is 63.7 Å². The van der Waals surface area contributed by atoms with E-state index in [1.165, 1.54) is 0 Å². The number of nitrogens with zero attached hydrogens (tertiary/aromatic N) is 1. The highest BCUT2D eigenvalue weighted by molar-refractivity contribution is 7.92. The van der Waals surface area contributed by atoms with Gasteiger partial charge < -0.3 is 4.74 Å². The maximum atomic E-state index is 14.2. The van der Waals surface area contributed by atoms with Gasteiger partial charge in [0.1, 0.15) is 6.10 Å². The number of anilines is 1. The molecule has 0 spiro atoms. The Labute approximate surface area is 199 Å². The van der Waals surface area contributed by atoms with E-state index in [2.05, 4.69) is 0 Å². The lowest BCUT2D eigenvalue weighted by molar-refractivity contribution is -0.114. The molecular weight excluding hydrogens is 446 g/mol. The molecule has 2 heterocycles. The summed E-state index contributed by atoms with van der Waals surface area (Å²) in [7, 11) is -3.89. The molecule has 5 nitrogen and oxygen atoms in total. The molecule has 0 radical (unpaired) electrons. The third-order valence-electron chi connectivity index (χ3n) is 7.29. The van der Waals surface area contributed by atoms with Crippen LogP contribution in [0.4, 0.5) is 5.69 Å². The molecule has 0 N–H and O–H groups in total. The van der Waals surface area contributed by atoms with Crippen molar-refractivity contribution in [3.05, 3.63) is 107 Å². The highest BCUT2D eigenvalue weighted by Crippen LogP contribution is 2.56. The minimum absolute atomic E-state index is 0.0782. The summed E-state index contributed by atoms with van der Waals surface area (Å²) in [5.74, 6) is -0.176. The van der Waals surface area contributed by atoms with Gasteiger partial charge in [0.25, 0.3) is 10.0 Å². The molecule has 3 aromatic carbocycles. The lowest BCUT2D eigenvalue weighted by atomic mass is 9.77. The lowest BCUT2D eigenvalue weighted by Crippen LogP contribution is -2.44. The number of carbonyl (C=O) groups excluding carboxylic acids is 1. The number of sulfonamides is 1. The zero-order valence-corrected chi connectivity index (χ0v) is 19.6. The van der Waals surface area contributed by atoms with Crippen LogP contribution < -0.4 is 4.31 Å². The molecule has 2 aliphatic heterocycles. The van der Waals surface area contributed by atoms with Crippen molar-refractivity contribution >= 4 is 21.5 Å². The summed E-state index contributed by atoms with van der Waals surface area (Å²) in [5, 5.41) is 0. The molecule has 6 heteroatoms. The van der Waals surface area contributed by atoms with Crippen LogP contribution in [0.3, 0.4) is 0 Å². The van der Waals surface area contributed by atoms with Gasteiger partial charge in [-0.1, -0.05) is 66.2 Å². The molecule has 1 saturated heterocycles. The molecule has 0 saturated carbocycles. The fourth-order valence-electron chi connectivity index (χ4n) is 5.79. The first-order valence-corrected chi connectivity index (χ1v) is 13.0. The van der Waals surface area contributed by atoms with Gasteiger partial charge in [0.15, 0.2) is 5.78 Å². The van der Waals surface area contributed by atoms with Gasteiger partial charge in [-0.05, 0) is 53.8 Å². The molecule has 3 aromatic rings. The monoisotopic (exact) mass is 471 g/mol. The third-order valence-corrected chi connectivity index (χ3v) is 9.12. The Bertz CT molecular complexity index is 1400. The van der Waals surface area contributed by atoms with Crippen molar-refractivity contribution in [1.82, 2.24) is 0 Å².